The average molecular weight is 390 g/mol. The number of aromatic nitrogens is 3. The van der Waals surface area contributed by atoms with Crippen LogP contribution in [0, 0.1) is 0 Å². The number of carbonyl (C=O) groups excluding carboxylic acids is 2. The maximum atomic E-state index is 12.8. The summed E-state index contributed by atoms with van der Waals surface area (Å²) in [6.45, 7) is 3.23. The highest BCUT2D eigenvalue weighted by Gasteiger charge is 2.31. The minimum absolute atomic E-state index is 0.00318. The highest BCUT2D eigenvalue weighted by atomic mass is 16.2. The Labute approximate surface area is 168 Å². The van der Waals surface area contributed by atoms with Gasteiger partial charge in [-0.3, -0.25) is 9.59 Å². The molecule has 5 rings (SSSR count). The largest absolute Gasteiger partial charge is 0.338 e. The third-order valence-corrected chi connectivity index (χ3v) is 5.68. The standard InChI is InChI=1S/C21H22N6O2/c28-20(25-11-13-26(14-12-25)21(29)18-7-8-22-18)16-3-1-15(2-4-16)17-5-6-19-23-9-10-27(19)24-17/h1-6,9-10,18,22H,7-8,11-14H2. The maximum absolute atomic E-state index is 12.8. The molecule has 8 nitrogen and oxygen atoms in total. The molecule has 2 saturated heterocycles. The number of hydrogen-bond donors (Lipinski definition) is 1. The normalized spacial score (nSPS) is 19.2. The van der Waals surface area contributed by atoms with Crippen LogP contribution in [0.4, 0.5) is 0 Å². The zero-order valence-corrected chi connectivity index (χ0v) is 16.0. The first-order valence-corrected chi connectivity index (χ1v) is 9.91. The van der Waals surface area contributed by atoms with Gasteiger partial charge in [-0.2, -0.15) is 5.10 Å². The summed E-state index contributed by atoms with van der Waals surface area (Å²) in [5.74, 6) is 0.165. The highest BCUT2D eigenvalue weighted by molar-refractivity contribution is 5.95. The number of carbonyl (C=O) groups is 2. The van der Waals surface area contributed by atoms with Gasteiger partial charge in [-0.05, 0) is 37.2 Å². The summed E-state index contributed by atoms with van der Waals surface area (Å²) in [5, 5.41) is 7.68. The Morgan fingerprint density at radius 3 is 2.38 bits per heavy atom. The van der Waals surface area contributed by atoms with E-state index in [9.17, 15) is 9.59 Å². The van der Waals surface area contributed by atoms with Gasteiger partial charge < -0.3 is 15.1 Å². The van der Waals surface area contributed by atoms with Gasteiger partial charge in [0.05, 0.1) is 11.7 Å². The molecule has 1 N–H and O–H groups in total. The molecule has 2 fully saturated rings. The van der Waals surface area contributed by atoms with Crippen molar-refractivity contribution in [3.63, 3.8) is 0 Å². The first-order valence-electron chi connectivity index (χ1n) is 9.91. The second-order valence-electron chi connectivity index (χ2n) is 7.44. The summed E-state index contributed by atoms with van der Waals surface area (Å²) in [6, 6.07) is 11.3. The fourth-order valence-electron chi connectivity index (χ4n) is 3.79. The molecule has 0 radical (unpaired) electrons. The number of amides is 2. The molecule has 2 aromatic heterocycles. The van der Waals surface area contributed by atoms with Gasteiger partial charge >= 0.3 is 0 Å². The van der Waals surface area contributed by atoms with Crippen LogP contribution in [-0.2, 0) is 4.79 Å². The van der Waals surface area contributed by atoms with Gasteiger partial charge in [0.15, 0.2) is 5.65 Å². The molecule has 3 aromatic rings. The molecule has 1 atom stereocenters. The molecule has 1 aromatic carbocycles. The number of nitrogens with one attached hydrogen (secondary N) is 1. The zero-order chi connectivity index (χ0) is 19.8. The Bertz CT molecular complexity index is 1050. The molecule has 4 heterocycles. The van der Waals surface area contributed by atoms with Crippen molar-refractivity contribution in [2.45, 2.75) is 12.5 Å². The van der Waals surface area contributed by atoms with Crippen molar-refractivity contribution in [2.75, 3.05) is 32.7 Å². The predicted octanol–water partition coefficient (Wildman–Crippen LogP) is 1.04. The molecule has 2 aliphatic heterocycles. The molecule has 0 saturated carbocycles. The summed E-state index contributed by atoms with van der Waals surface area (Å²) in [7, 11) is 0. The monoisotopic (exact) mass is 390 g/mol. The molecule has 148 valence electrons. The predicted molar refractivity (Wildman–Crippen MR) is 107 cm³/mol. The van der Waals surface area contributed by atoms with Crippen LogP contribution >= 0.6 is 0 Å². The number of fused-ring (bicyclic) bond motifs is 1. The molecule has 0 aliphatic carbocycles. The van der Waals surface area contributed by atoms with Crippen LogP contribution in [0.3, 0.4) is 0 Å². The Morgan fingerprint density at radius 1 is 0.966 bits per heavy atom. The number of imidazole rings is 1. The number of nitrogens with zero attached hydrogens (tertiary/aromatic N) is 5. The summed E-state index contributed by atoms with van der Waals surface area (Å²) in [4.78, 5) is 33.0. The van der Waals surface area contributed by atoms with E-state index in [2.05, 4.69) is 15.4 Å². The van der Waals surface area contributed by atoms with Crippen molar-refractivity contribution >= 4 is 17.5 Å². The third-order valence-electron chi connectivity index (χ3n) is 5.68. The first-order chi connectivity index (χ1) is 14.2. The second-order valence-corrected chi connectivity index (χ2v) is 7.44. The average Bonchev–Trinajstić information content (AvgIpc) is 3.20. The minimum Gasteiger partial charge on any atom is -0.338 e. The summed E-state index contributed by atoms with van der Waals surface area (Å²) < 4.78 is 1.73. The molecule has 8 heteroatoms. The van der Waals surface area contributed by atoms with E-state index in [1.54, 1.807) is 10.7 Å². The van der Waals surface area contributed by atoms with Crippen LogP contribution in [0.15, 0.2) is 48.8 Å². The van der Waals surface area contributed by atoms with E-state index in [0.29, 0.717) is 31.7 Å². The van der Waals surface area contributed by atoms with Crippen LogP contribution in [0.2, 0.25) is 0 Å². The lowest BCUT2D eigenvalue weighted by molar-refractivity contribution is -0.136. The van der Waals surface area contributed by atoms with Crippen molar-refractivity contribution in [1.29, 1.82) is 0 Å². The van der Waals surface area contributed by atoms with Crippen molar-refractivity contribution in [3.8, 4) is 11.3 Å². The van der Waals surface area contributed by atoms with E-state index in [1.165, 1.54) is 0 Å². The molecule has 2 aliphatic rings. The maximum Gasteiger partial charge on any atom is 0.253 e. The van der Waals surface area contributed by atoms with Gasteiger partial charge in [-0.1, -0.05) is 12.1 Å². The summed E-state index contributed by atoms with van der Waals surface area (Å²) in [6.07, 6.45) is 4.43. The SMILES string of the molecule is O=C(c1ccc(-c2ccc3nccn3n2)cc1)N1CCN(C(=O)C2CCN2)CC1. The van der Waals surface area contributed by atoms with Crippen molar-refractivity contribution in [3.05, 3.63) is 54.4 Å². The first kappa shape index (κ1) is 17.8. The Hall–Kier alpha value is -3.26. The topological polar surface area (TPSA) is 82.8 Å². The molecular weight excluding hydrogens is 368 g/mol. The van der Waals surface area contributed by atoms with Crippen LogP contribution in [0.25, 0.3) is 16.9 Å². The van der Waals surface area contributed by atoms with E-state index < -0.39 is 0 Å². The van der Waals surface area contributed by atoms with Gasteiger partial charge in [0.25, 0.3) is 5.91 Å². The molecule has 2 amide bonds. The third kappa shape index (κ3) is 3.36. The van der Waals surface area contributed by atoms with E-state index in [4.69, 9.17) is 0 Å². The number of piperazine rings is 1. The lowest BCUT2D eigenvalue weighted by atomic mass is 10.1. The number of rotatable bonds is 3. The van der Waals surface area contributed by atoms with Gasteiger partial charge in [0.2, 0.25) is 5.91 Å². The minimum atomic E-state index is -0.0278. The number of hydrogen-bond acceptors (Lipinski definition) is 5. The van der Waals surface area contributed by atoms with E-state index in [-0.39, 0.29) is 17.9 Å². The Kier molecular flexibility index (Phi) is 4.48. The number of benzene rings is 1. The van der Waals surface area contributed by atoms with Crippen LogP contribution in [0.5, 0.6) is 0 Å². The molecule has 29 heavy (non-hydrogen) atoms. The summed E-state index contributed by atoms with van der Waals surface area (Å²) >= 11 is 0. The van der Waals surface area contributed by atoms with Gasteiger partial charge in [-0.25, -0.2) is 9.50 Å². The smallest absolute Gasteiger partial charge is 0.253 e. The molecule has 0 bridgehead atoms. The van der Waals surface area contributed by atoms with Crippen LogP contribution < -0.4 is 5.32 Å². The molecule has 1 unspecified atom stereocenters. The van der Waals surface area contributed by atoms with E-state index in [0.717, 1.165) is 29.9 Å². The van der Waals surface area contributed by atoms with Gasteiger partial charge in [0, 0.05) is 49.7 Å². The Morgan fingerprint density at radius 2 is 1.69 bits per heavy atom. The lowest BCUT2D eigenvalue weighted by Crippen LogP contribution is -2.58. The van der Waals surface area contributed by atoms with Crippen LogP contribution in [0.1, 0.15) is 16.8 Å². The van der Waals surface area contributed by atoms with Crippen molar-refractivity contribution in [1.82, 2.24) is 29.7 Å². The zero-order valence-electron chi connectivity index (χ0n) is 16.0. The van der Waals surface area contributed by atoms with Crippen LogP contribution in [-0.4, -0.2) is 75.0 Å². The Balaban J connectivity index is 1.24. The van der Waals surface area contributed by atoms with Gasteiger partial charge in [0.1, 0.15) is 0 Å². The molecule has 0 spiro atoms. The van der Waals surface area contributed by atoms with E-state index >= 15 is 0 Å². The summed E-state index contributed by atoms with van der Waals surface area (Å²) in [5.41, 5.74) is 3.22. The fourth-order valence-corrected chi connectivity index (χ4v) is 3.79. The lowest BCUT2D eigenvalue weighted by Gasteiger charge is -2.38. The second kappa shape index (κ2) is 7.29. The van der Waals surface area contributed by atoms with Gasteiger partial charge in [-0.15, -0.1) is 0 Å². The fraction of sp³-hybridized carbons (Fsp3) is 0.333. The van der Waals surface area contributed by atoms with E-state index in [1.807, 2.05) is 52.4 Å². The highest BCUT2D eigenvalue weighted by Crippen LogP contribution is 2.19. The van der Waals surface area contributed by atoms with Crippen molar-refractivity contribution in [2.24, 2.45) is 0 Å². The molecular formula is C21H22N6O2. The quantitative estimate of drug-likeness (QED) is 0.723. The van der Waals surface area contributed by atoms with Crippen molar-refractivity contribution < 1.29 is 9.59 Å².